The number of carbonyl (C=O) groups is 2. The van der Waals surface area contributed by atoms with Crippen LogP contribution in [0, 0.1) is 0 Å². The van der Waals surface area contributed by atoms with Crippen LogP contribution in [0.5, 0.6) is 0 Å². The fourth-order valence-corrected chi connectivity index (χ4v) is 1.25. The minimum absolute atomic E-state index is 0.0732. The first-order valence-electron chi connectivity index (χ1n) is 4.51. The topological polar surface area (TPSA) is 75.6 Å². The van der Waals surface area contributed by atoms with Crippen molar-refractivity contribution in [1.29, 1.82) is 0 Å². The third-order valence-corrected chi connectivity index (χ3v) is 2.05. The predicted molar refractivity (Wildman–Crippen MR) is 59.1 cm³/mol. The Kier molecular flexibility index (Phi) is 4.13. The molecule has 6 heteroatoms. The van der Waals surface area contributed by atoms with Gasteiger partial charge in [0.25, 0.3) is 0 Å². The highest BCUT2D eigenvalue weighted by Gasteiger charge is 2.10. The number of nitrogens with one attached hydrogen (secondary N) is 1. The van der Waals surface area contributed by atoms with Crippen molar-refractivity contribution < 1.29 is 19.4 Å². The molecule has 0 aliphatic carbocycles. The van der Waals surface area contributed by atoms with Gasteiger partial charge in [0.1, 0.15) is 0 Å². The minimum atomic E-state index is -1.16. The van der Waals surface area contributed by atoms with Gasteiger partial charge in [-0.25, -0.2) is 9.59 Å². The number of hydrogen-bond acceptors (Lipinski definition) is 3. The molecule has 0 unspecified atom stereocenters. The summed E-state index contributed by atoms with van der Waals surface area (Å²) in [6.45, 7) is 1.91. The molecule has 0 radical (unpaired) electrons. The summed E-state index contributed by atoms with van der Waals surface area (Å²) in [5.74, 6) is -1.16. The Morgan fingerprint density at radius 1 is 1.50 bits per heavy atom. The van der Waals surface area contributed by atoms with Crippen molar-refractivity contribution in [3.05, 3.63) is 28.8 Å². The average Bonchev–Trinajstić information content (AvgIpc) is 2.21. The highest BCUT2D eigenvalue weighted by Crippen LogP contribution is 2.20. The molecule has 0 fully saturated rings. The van der Waals surface area contributed by atoms with Crippen LogP contribution in [0.2, 0.25) is 5.02 Å². The van der Waals surface area contributed by atoms with Gasteiger partial charge in [0, 0.05) is 5.69 Å². The van der Waals surface area contributed by atoms with Gasteiger partial charge >= 0.3 is 12.1 Å². The maximum Gasteiger partial charge on any atom is 0.411 e. The molecule has 86 valence electrons. The highest BCUT2D eigenvalue weighted by molar-refractivity contribution is 6.33. The van der Waals surface area contributed by atoms with Gasteiger partial charge in [0.05, 0.1) is 17.2 Å². The molecule has 0 atom stereocenters. The second-order valence-corrected chi connectivity index (χ2v) is 3.25. The number of halogens is 1. The van der Waals surface area contributed by atoms with E-state index in [0.717, 1.165) is 0 Å². The van der Waals surface area contributed by atoms with E-state index < -0.39 is 12.1 Å². The van der Waals surface area contributed by atoms with E-state index in [1.54, 1.807) is 6.92 Å². The van der Waals surface area contributed by atoms with Gasteiger partial charge < -0.3 is 9.84 Å². The van der Waals surface area contributed by atoms with Crippen LogP contribution < -0.4 is 5.32 Å². The second kappa shape index (κ2) is 5.37. The van der Waals surface area contributed by atoms with Crippen molar-refractivity contribution in [2.75, 3.05) is 11.9 Å². The van der Waals surface area contributed by atoms with E-state index >= 15 is 0 Å². The molecule has 0 heterocycles. The van der Waals surface area contributed by atoms with Crippen LogP contribution in [-0.4, -0.2) is 23.8 Å². The number of hydrogen-bond donors (Lipinski definition) is 2. The highest BCUT2D eigenvalue weighted by atomic mass is 35.5. The number of anilines is 1. The summed E-state index contributed by atoms with van der Waals surface area (Å²) in [4.78, 5) is 21.8. The second-order valence-electron chi connectivity index (χ2n) is 2.85. The summed E-state index contributed by atoms with van der Waals surface area (Å²) in [6.07, 6.45) is -0.638. The first kappa shape index (κ1) is 12.3. The molecule has 0 spiro atoms. The lowest BCUT2D eigenvalue weighted by Gasteiger charge is -2.06. The molecule has 0 saturated heterocycles. The maximum absolute atomic E-state index is 11.1. The molecule has 16 heavy (non-hydrogen) atoms. The number of benzene rings is 1. The minimum Gasteiger partial charge on any atom is -0.478 e. The van der Waals surface area contributed by atoms with Crippen molar-refractivity contribution in [3.8, 4) is 0 Å². The number of carbonyl (C=O) groups excluding carboxylic acids is 1. The summed E-state index contributed by atoms with van der Waals surface area (Å²) >= 11 is 5.66. The summed E-state index contributed by atoms with van der Waals surface area (Å²) in [5, 5.41) is 11.3. The first-order valence-corrected chi connectivity index (χ1v) is 4.89. The zero-order chi connectivity index (χ0) is 12.1. The van der Waals surface area contributed by atoms with Crippen LogP contribution in [-0.2, 0) is 4.74 Å². The Bertz CT molecular complexity index is 419. The van der Waals surface area contributed by atoms with Crippen molar-refractivity contribution in [3.63, 3.8) is 0 Å². The largest absolute Gasteiger partial charge is 0.478 e. The molecular formula is C10H10ClNO4. The lowest BCUT2D eigenvalue weighted by Crippen LogP contribution is -2.13. The van der Waals surface area contributed by atoms with Crippen molar-refractivity contribution in [1.82, 2.24) is 0 Å². The van der Waals surface area contributed by atoms with Crippen LogP contribution in [0.25, 0.3) is 0 Å². The Morgan fingerprint density at radius 2 is 2.19 bits per heavy atom. The van der Waals surface area contributed by atoms with Gasteiger partial charge in [-0.2, -0.15) is 0 Å². The molecule has 2 N–H and O–H groups in total. The van der Waals surface area contributed by atoms with E-state index in [0.29, 0.717) is 5.69 Å². The van der Waals surface area contributed by atoms with Crippen molar-refractivity contribution >= 4 is 29.4 Å². The van der Waals surface area contributed by atoms with Gasteiger partial charge in [-0.15, -0.1) is 0 Å². The number of carboxylic acids is 1. The van der Waals surface area contributed by atoms with Gasteiger partial charge in [-0.1, -0.05) is 11.6 Å². The summed E-state index contributed by atoms with van der Waals surface area (Å²) in [7, 11) is 0. The Balaban J connectivity index is 2.87. The Hall–Kier alpha value is -1.75. The zero-order valence-electron chi connectivity index (χ0n) is 8.49. The van der Waals surface area contributed by atoms with Crippen LogP contribution in [0.3, 0.4) is 0 Å². The van der Waals surface area contributed by atoms with E-state index in [1.165, 1.54) is 18.2 Å². The first-order chi connectivity index (χ1) is 7.54. The van der Waals surface area contributed by atoms with Gasteiger partial charge in [0.2, 0.25) is 0 Å². The monoisotopic (exact) mass is 243 g/mol. The van der Waals surface area contributed by atoms with Gasteiger partial charge in [-0.3, -0.25) is 5.32 Å². The predicted octanol–water partition coefficient (Wildman–Crippen LogP) is 2.61. The summed E-state index contributed by atoms with van der Waals surface area (Å²) in [6, 6.07) is 4.15. The van der Waals surface area contributed by atoms with Crippen molar-refractivity contribution in [2.24, 2.45) is 0 Å². The third kappa shape index (κ3) is 3.13. The third-order valence-electron chi connectivity index (χ3n) is 1.72. The molecule has 1 rings (SSSR count). The summed E-state index contributed by atoms with van der Waals surface area (Å²) < 4.78 is 4.65. The van der Waals surface area contributed by atoms with Gasteiger partial charge in [-0.05, 0) is 25.1 Å². The molecule has 1 aromatic rings. The van der Waals surface area contributed by atoms with Crippen molar-refractivity contribution in [2.45, 2.75) is 6.92 Å². The fourth-order valence-electron chi connectivity index (χ4n) is 1.05. The molecule has 1 aromatic carbocycles. The fraction of sp³-hybridized carbons (Fsp3) is 0.200. The van der Waals surface area contributed by atoms with E-state index in [1.807, 2.05) is 0 Å². The van der Waals surface area contributed by atoms with Crippen LogP contribution >= 0.6 is 11.6 Å². The van der Waals surface area contributed by atoms with Crippen LogP contribution in [0.1, 0.15) is 17.3 Å². The summed E-state index contributed by atoms with van der Waals surface area (Å²) in [5.41, 5.74) is 0.246. The molecule has 5 nitrogen and oxygen atoms in total. The van der Waals surface area contributed by atoms with Crippen LogP contribution in [0.15, 0.2) is 18.2 Å². The maximum atomic E-state index is 11.1. The lowest BCUT2D eigenvalue weighted by atomic mass is 10.2. The molecule has 0 bridgehead atoms. The Morgan fingerprint density at radius 3 is 2.75 bits per heavy atom. The molecule has 1 amide bonds. The van der Waals surface area contributed by atoms with Crippen LogP contribution in [0.4, 0.5) is 10.5 Å². The molecule has 0 aromatic heterocycles. The SMILES string of the molecule is CCOC(=O)Nc1ccc(Cl)c(C(=O)O)c1. The number of aromatic carboxylic acids is 1. The molecular weight excluding hydrogens is 234 g/mol. The quantitative estimate of drug-likeness (QED) is 0.856. The molecule has 0 aliphatic rings. The number of amides is 1. The number of ether oxygens (including phenoxy) is 1. The lowest BCUT2D eigenvalue weighted by molar-refractivity contribution is 0.0697. The number of rotatable bonds is 3. The smallest absolute Gasteiger partial charge is 0.411 e. The van der Waals surface area contributed by atoms with E-state index in [-0.39, 0.29) is 17.2 Å². The standard InChI is InChI=1S/C10H10ClNO4/c1-2-16-10(15)12-6-3-4-8(11)7(5-6)9(13)14/h3-5H,2H2,1H3,(H,12,15)(H,13,14). The van der Waals surface area contributed by atoms with Gasteiger partial charge in [0.15, 0.2) is 0 Å². The normalized spacial score (nSPS) is 9.62. The molecule has 0 saturated carbocycles. The average molecular weight is 244 g/mol. The van der Waals surface area contributed by atoms with E-state index in [4.69, 9.17) is 16.7 Å². The zero-order valence-corrected chi connectivity index (χ0v) is 9.25. The number of carboxylic acid groups (broad SMARTS) is 1. The Labute approximate surface area is 97.0 Å². The molecule has 0 aliphatic heterocycles. The van der Waals surface area contributed by atoms with E-state index in [2.05, 4.69) is 10.1 Å². The van der Waals surface area contributed by atoms with E-state index in [9.17, 15) is 9.59 Å².